The zero-order valence-electron chi connectivity index (χ0n) is 14.5. The predicted molar refractivity (Wildman–Crippen MR) is 98.1 cm³/mol. The zero-order valence-corrected chi connectivity index (χ0v) is 15.3. The van der Waals surface area contributed by atoms with Crippen molar-refractivity contribution in [1.29, 1.82) is 0 Å². The van der Waals surface area contributed by atoms with Crippen molar-refractivity contribution in [3.05, 3.63) is 70.6 Å². The van der Waals surface area contributed by atoms with E-state index in [1.807, 2.05) is 0 Å². The van der Waals surface area contributed by atoms with Gasteiger partial charge in [0.25, 0.3) is 15.9 Å². The highest BCUT2D eigenvalue weighted by Crippen LogP contribution is 2.21. The molecule has 0 saturated carbocycles. The molecule has 0 aliphatic rings. The summed E-state index contributed by atoms with van der Waals surface area (Å²) in [5.41, 5.74) is -0.356. The van der Waals surface area contributed by atoms with E-state index >= 15 is 0 Å². The number of alkyl halides is 3. The van der Waals surface area contributed by atoms with Gasteiger partial charge >= 0.3 is 11.8 Å². The Bertz CT molecular complexity index is 1240. The molecule has 2 aromatic carbocycles. The highest BCUT2D eigenvalue weighted by Gasteiger charge is 2.28. The van der Waals surface area contributed by atoms with Gasteiger partial charge in [0.15, 0.2) is 0 Å². The monoisotopic (exact) mass is 426 g/mol. The van der Waals surface area contributed by atoms with Crippen LogP contribution in [0.25, 0.3) is 11.0 Å². The topological polar surface area (TPSA) is 105 Å². The Morgan fingerprint density at radius 2 is 1.79 bits per heavy atom. The highest BCUT2D eigenvalue weighted by molar-refractivity contribution is 7.92. The van der Waals surface area contributed by atoms with Crippen LogP contribution in [-0.2, 0) is 10.0 Å². The van der Waals surface area contributed by atoms with Gasteiger partial charge in [-0.15, -0.1) is 0 Å². The number of halogens is 3. The minimum absolute atomic E-state index is 0.165. The number of fused-ring (bicyclic) bond motifs is 1. The number of anilines is 1. The molecule has 0 spiro atoms. The van der Waals surface area contributed by atoms with Gasteiger partial charge in [-0.25, -0.2) is 13.2 Å². The van der Waals surface area contributed by atoms with Gasteiger partial charge in [-0.05, 0) is 42.5 Å². The van der Waals surface area contributed by atoms with E-state index in [1.165, 1.54) is 48.5 Å². The van der Waals surface area contributed by atoms with Crippen molar-refractivity contribution in [1.82, 2.24) is 5.32 Å². The van der Waals surface area contributed by atoms with E-state index in [-0.39, 0.29) is 21.7 Å². The Hall–Kier alpha value is -3.34. The standard InChI is InChI=1S/C18H13F3N2O5S/c19-18(20,21)10-22-17(25)12-2-1-3-14(9-12)29(26,27)23-13-5-6-15-11(8-13)4-7-16(24)28-15/h1-9,23H,10H2,(H,22,25). The fraction of sp³-hybridized carbons (Fsp3) is 0.111. The minimum Gasteiger partial charge on any atom is -0.423 e. The van der Waals surface area contributed by atoms with Gasteiger partial charge < -0.3 is 9.73 Å². The molecule has 3 rings (SSSR count). The van der Waals surface area contributed by atoms with E-state index < -0.39 is 34.3 Å². The van der Waals surface area contributed by atoms with Crippen LogP contribution in [0.5, 0.6) is 0 Å². The van der Waals surface area contributed by atoms with Crippen LogP contribution in [0.3, 0.4) is 0 Å². The van der Waals surface area contributed by atoms with E-state index in [0.29, 0.717) is 5.39 Å². The molecular formula is C18H13F3N2O5S. The van der Waals surface area contributed by atoms with Gasteiger partial charge in [0.1, 0.15) is 12.1 Å². The first-order valence-corrected chi connectivity index (χ1v) is 9.54. The number of benzene rings is 2. The van der Waals surface area contributed by atoms with Gasteiger partial charge in [-0.2, -0.15) is 13.2 Å². The van der Waals surface area contributed by atoms with Crippen molar-refractivity contribution < 1.29 is 30.8 Å². The molecule has 7 nitrogen and oxygen atoms in total. The van der Waals surface area contributed by atoms with Crippen molar-refractivity contribution in [2.24, 2.45) is 0 Å². The average Bonchev–Trinajstić information content (AvgIpc) is 2.65. The van der Waals surface area contributed by atoms with Crippen LogP contribution < -0.4 is 15.7 Å². The number of carbonyl (C=O) groups excluding carboxylic acids is 1. The molecule has 0 fully saturated rings. The van der Waals surface area contributed by atoms with Crippen LogP contribution in [-0.4, -0.2) is 27.0 Å². The number of rotatable bonds is 5. The van der Waals surface area contributed by atoms with E-state index in [9.17, 15) is 31.2 Å². The van der Waals surface area contributed by atoms with Crippen molar-refractivity contribution in [2.45, 2.75) is 11.1 Å². The second-order valence-corrected chi connectivity index (χ2v) is 7.62. The normalized spacial score (nSPS) is 12.0. The summed E-state index contributed by atoms with van der Waals surface area (Å²) in [7, 11) is -4.13. The van der Waals surface area contributed by atoms with E-state index in [4.69, 9.17) is 4.42 Å². The molecule has 0 unspecified atom stereocenters. The molecule has 0 bridgehead atoms. The maximum absolute atomic E-state index is 12.6. The molecule has 0 saturated heterocycles. The van der Waals surface area contributed by atoms with Crippen LogP contribution in [0.15, 0.2) is 68.7 Å². The van der Waals surface area contributed by atoms with Crippen LogP contribution >= 0.6 is 0 Å². The maximum atomic E-state index is 12.6. The van der Waals surface area contributed by atoms with Gasteiger partial charge in [0.05, 0.1) is 4.90 Å². The van der Waals surface area contributed by atoms with Gasteiger partial charge in [-0.1, -0.05) is 6.07 Å². The van der Waals surface area contributed by atoms with Crippen molar-refractivity contribution >= 4 is 32.6 Å². The Labute approximate surface area is 162 Å². The molecule has 3 aromatic rings. The molecule has 1 heterocycles. The SMILES string of the molecule is O=C(NCC(F)(F)F)c1cccc(S(=O)(=O)Nc2ccc3oc(=O)ccc3c2)c1. The summed E-state index contributed by atoms with van der Waals surface area (Å²) in [4.78, 5) is 22.7. The number of sulfonamides is 1. The smallest absolute Gasteiger partial charge is 0.405 e. The summed E-state index contributed by atoms with van der Waals surface area (Å²) < 4.78 is 69.1. The molecular weight excluding hydrogens is 413 g/mol. The molecule has 1 aromatic heterocycles. The number of carbonyl (C=O) groups is 1. The lowest BCUT2D eigenvalue weighted by Gasteiger charge is -2.11. The summed E-state index contributed by atoms with van der Waals surface area (Å²) in [5.74, 6) is -1.06. The summed E-state index contributed by atoms with van der Waals surface area (Å²) in [6, 6.07) is 11.5. The van der Waals surface area contributed by atoms with E-state index in [1.54, 1.807) is 5.32 Å². The fourth-order valence-electron chi connectivity index (χ4n) is 2.44. The lowest BCUT2D eigenvalue weighted by atomic mass is 10.2. The lowest BCUT2D eigenvalue weighted by Crippen LogP contribution is -2.33. The molecule has 11 heteroatoms. The van der Waals surface area contributed by atoms with Crippen molar-refractivity contribution in [2.75, 3.05) is 11.3 Å². The molecule has 152 valence electrons. The van der Waals surface area contributed by atoms with E-state index in [2.05, 4.69) is 4.72 Å². The second-order valence-electron chi connectivity index (χ2n) is 5.94. The molecule has 2 N–H and O–H groups in total. The third kappa shape index (κ3) is 5.13. The number of nitrogens with one attached hydrogen (secondary N) is 2. The lowest BCUT2D eigenvalue weighted by molar-refractivity contribution is -0.123. The first kappa shape index (κ1) is 20.4. The average molecular weight is 426 g/mol. The third-order valence-corrected chi connectivity index (χ3v) is 5.11. The van der Waals surface area contributed by atoms with Crippen molar-refractivity contribution in [3.63, 3.8) is 0 Å². The molecule has 0 aliphatic carbocycles. The quantitative estimate of drug-likeness (QED) is 0.611. The van der Waals surface area contributed by atoms with Crippen LogP contribution in [0.2, 0.25) is 0 Å². The molecule has 0 radical (unpaired) electrons. The molecule has 29 heavy (non-hydrogen) atoms. The highest BCUT2D eigenvalue weighted by atomic mass is 32.2. The molecule has 1 amide bonds. The zero-order chi connectivity index (χ0) is 21.2. The third-order valence-electron chi connectivity index (χ3n) is 3.73. The van der Waals surface area contributed by atoms with Crippen LogP contribution in [0, 0.1) is 0 Å². The van der Waals surface area contributed by atoms with E-state index in [0.717, 1.165) is 6.07 Å². The van der Waals surface area contributed by atoms with Gasteiger partial charge in [-0.3, -0.25) is 9.52 Å². The Kier molecular flexibility index (Phi) is 5.33. The number of hydrogen-bond acceptors (Lipinski definition) is 5. The van der Waals surface area contributed by atoms with Crippen molar-refractivity contribution in [3.8, 4) is 0 Å². The molecule has 0 atom stereocenters. The second kappa shape index (κ2) is 7.59. The fourth-order valence-corrected chi connectivity index (χ4v) is 3.53. The Morgan fingerprint density at radius 3 is 2.52 bits per heavy atom. The predicted octanol–water partition coefficient (Wildman–Crippen LogP) is 2.89. The summed E-state index contributed by atoms with van der Waals surface area (Å²) in [6.07, 6.45) is -4.59. The van der Waals surface area contributed by atoms with Crippen LogP contribution in [0.4, 0.5) is 18.9 Å². The summed E-state index contributed by atoms with van der Waals surface area (Å²) in [5, 5.41) is 2.15. The first-order valence-electron chi connectivity index (χ1n) is 8.05. The Balaban J connectivity index is 1.83. The van der Waals surface area contributed by atoms with Crippen LogP contribution in [0.1, 0.15) is 10.4 Å². The Morgan fingerprint density at radius 1 is 1.03 bits per heavy atom. The largest absolute Gasteiger partial charge is 0.423 e. The number of amides is 1. The number of hydrogen-bond donors (Lipinski definition) is 2. The first-order chi connectivity index (χ1) is 13.5. The molecule has 0 aliphatic heterocycles. The maximum Gasteiger partial charge on any atom is 0.405 e. The van der Waals surface area contributed by atoms with Gasteiger partial charge in [0.2, 0.25) is 0 Å². The minimum atomic E-state index is -4.59. The summed E-state index contributed by atoms with van der Waals surface area (Å²) >= 11 is 0. The summed E-state index contributed by atoms with van der Waals surface area (Å²) in [6.45, 7) is -1.53. The van der Waals surface area contributed by atoms with Gasteiger partial charge in [0, 0.05) is 22.7 Å².